The van der Waals surface area contributed by atoms with Gasteiger partial charge in [-0.15, -0.1) is 45.3 Å². The predicted molar refractivity (Wildman–Crippen MR) is 348 cm³/mol. The second-order valence-electron chi connectivity index (χ2n) is 23.3. The van der Waals surface area contributed by atoms with Gasteiger partial charge < -0.3 is 28.6 Å². The van der Waals surface area contributed by atoms with E-state index in [0.29, 0.717) is 48.6 Å². The molecule has 12 heteroatoms. The first-order valence-electron chi connectivity index (χ1n) is 29.7. The molecule has 0 saturated carbocycles. The van der Waals surface area contributed by atoms with E-state index in [9.17, 15) is 10.1 Å². The zero-order valence-electron chi connectivity index (χ0n) is 48.6. The topological polar surface area (TPSA) is 90.2 Å². The van der Waals surface area contributed by atoms with Crippen LogP contribution in [-0.2, 0) is 33.2 Å². The first kappa shape index (κ1) is 55.8. The lowest BCUT2D eigenvalue weighted by Crippen LogP contribution is -2.18. The van der Waals surface area contributed by atoms with Crippen LogP contribution in [0.4, 0.5) is 17.1 Å². The number of unbranched alkanes of at least 4 members (excludes halogenated alkanes) is 6. The van der Waals surface area contributed by atoms with Gasteiger partial charge in [-0.1, -0.05) is 153 Å². The van der Waals surface area contributed by atoms with Gasteiger partial charge in [-0.2, -0.15) is 5.26 Å². The van der Waals surface area contributed by atoms with E-state index in [-0.39, 0.29) is 23.1 Å². The molecule has 0 atom stereocenters. The second kappa shape index (κ2) is 23.2. The van der Waals surface area contributed by atoms with E-state index < -0.39 is 0 Å². The van der Waals surface area contributed by atoms with Crippen LogP contribution in [-0.4, -0.2) is 32.9 Å². The van der Waals surface area contributed by atoms with Crippen LogP contribution in [0.15, 0.2) is 127 Å². The van der Waals surface area contributed by atoms with Crippen LogP contribution in [0.5, 0.6) is 23.0 Å². The number of carbonyl (C=O) groups is 1. The number of fused-ring (bicyclic) bond motifs is 8. The van der Waals surface area contributed by atoms with E-state index in [2.05, 4.69) is 168 Å². The Bertz CT molecular complexity index is 3940. The Morgan fingerprint density at radius 2 is 1.00 bits per heavy atom. The van der Waals surface area contributed by atoms with Gasteiger partial charge in [-0.3, -0.25) is 4.79 Å². The molecule has 13 rings (SSSR count). The van der Waals surface area contributed by atoms with E-state index in [1.165, 1.54) is 132 Å². The number of allylic oxidation sites excluding steroid dienone is 1. The van der Waals surface area contributed by atoms with E-state index in [0.717, 1.165) is 68.0 Å². The van der Waals surface area contributed by atoms with Gasteiger partial charge in [0.2, 0.25) is 5.76 Å². The Morgan fingerprint density at radius 1 is 0.524 bits per heavy atom. The highest BCUT2D eigenvalue weighted by atomic mass is 32.1. The summed E-state index contributed by atoms with van der Waals surface area (Å²) in [5, 5.41) is 9.76. The summed E-state index contributed by atoms with van der Waals surface area (Å²) in [6.45, 7) is 15.9. The fourth-order valence-electron chi connectivity index (χ4n) is 13.0. The number of carbonyl (C=O) groups excluding carboxylic acids is 1. The molecule has 4 aliphatic rings. The summed E-state index contributed by atoms with van der Waals surface area (Å²) >= 11 is 6.84. The Morgan fingerprint density at radius 3 is 1.56 bits per heavy atom. The quantitative estimate of drug-likeness (QED) is 0.0323. The molecule has 426 valence electrons. The summed E-state index contributed by atoms with van der Waals surface area (Å²) in [5.41, 5.74) is 17.9. The molecule has 84 heavy (non-hydrogen) atoms. The van der Waals surface area contributed by atoms with Gasteiger partial charge in [0.15, 0.2) is 23.0 Å². The molecular weight excluding hydrogens is 1120 g/mol. The number of nitriles is 1. The third-order valence-corrected chi connectivity index (χ3v) is 22.5. The minimum absolute atomic E-state index is 0.130. The van der Waals surface area contributed by atoms with Crippen molar-refractivity contribution in [2.75, 3.05) is 31.3 Å². The van der Waals surface area contributed by atoms with Crippen molar-refractivity contribution >= 4 is 75.0 Å². The zero-order valence-corrected chi connectivity index (χ0v) is 51.8. The smallest absolute Gasteiger partial charge is 0.299 e. The van der Waals surface area contributed by atoms with Gasteiger partial charge in [0.25, 0.3) is 6.47 Å². The minimum atomic E-state index is -0.145. The van der Waals surface area contributed by atoms with Crippen molar-refractivity contribution in [2.45, 2.75) is 117 Å². The van der Waals surface area contributed by atoms with Gasteiger partial charge in [-0.05, 0) is 135 Å². The molecule has 0 amide bonds. The summed E-state index contributed by atoms with van der Waals surface area (Å²) in [6.07, 6.45) is 13.0. The molecule has 0 unspecified atom stereocenters. The van der Waals surface area contributed by atoms with Crippen LogP contribution in [0.3, 0.4) is 0 Å². The number of anilines is 3. The Labute approximate surface area is 509 Å². The molecule has 6 heterocycles. The highest BCUT2D eigenvalue weighted by Gasteiger charge is 2.39. The number of rotatable bonds is 20. The molecule has 0 saturated heterocycles. The van der Waals surface area contributed by atoms with Gasteiger partial charge >= 0.3 is 0 Å². The number of benzene rings is 5. The van der Waals surface area contributed by atoms with Gasteiger partial charge in [0.1, 0.15) is 32.5 Å². The lowest BCUT2D eigenvalue weighted by Gasteiger charge is -2.30. The maximum absolute atomic E-state index is 11.3. The Kier molecular flexibility index (Phi) is 15.4. The van der Waals surface area contributed by atoms with Gasteiger partial charge in [-0.25, -0.2) is 0 Å². The molecular formula is C72H68N2O6S4. The van der Waals surface area contributed by atoms with Crippen LogP contribution in [0.1, 0.15) is 131 Å². The van der Waals surface area contributed by atoms with E-state index in [1.54, 1.807) is 11.3 Å². The number of hydrogen-bond donors (Lipinski definition) is 0. The summed E-state index contributed by atoms with van der Waals surface area (Å²) in [6, 6.07) is 48.4. The van der Waals surface area contributed by atoms with E-state index >= 15 is 0 Å². The summed E-state index contributed by atoms with van der Waals surface area (Å²) < 4.78 is 30.5. The first-order valence-corrected chi connectivity index (χ1v) is 33.0. The SMILES string of the molecule is CCCCCCc1cc(-c2sc(-c3sc(-c4sc(/C=C(/C#N)OC=O)c5c4OCCO5)c4c3OCCO4)cc2CCCCCC)sc1-c1ccc(N(c2ccc3c(c2)C(C)(C)c2ccccc2-3)c2ccc3c(c2)C(C)(C)c2ccccc2-3)cc1. The highest BCUT2D eigenvalue weighted by molar-refractivity contribution is 7.29. The van der Waals surface area contributed by atoms with Crippen LogP contribution >= 0.6 is 45.3 Å². The maximum atomic E-state index is 11.3. The van der Waals surface area contributed by atoms with Crippen molar-refractivity contribution < 1.29 is 28.5 Å². The van der Waals surface area contributed by atoms with Crippen molar-refractivity contribution in [3.63, 3.8) is 0 Å². The lowest BCUT2D eigenvalue weighted by molar-refractivity contribution is -0.124. The van der Waals surface area contributed by atoms with Crippen molar-refractivity contribution in [3.8, 4) is 91.0 Å². The second-order valence-corrected chi connectivity index (χ2v) is 27.5. The summed E-state index contributed by atoms with van der Waals surface area (Å²) in [4.78, 5) is 22.2. The average Bonchev–Trinajstić information content (AvgIpc) is 2.61. The summed E-state index contributed by atoms with van der Waals surface area (Å²) in [5.74, 6) is 2.40. The standard InChI is InChI=1S/C72H68N2O6S4/c1-7-9-11-13-19-45-37-60(67-46(20-14-12-10-8-2)38-61(83-67)68-64-65(79-36-35-78-64)70(84-68)69-63-62(76-33-34-77-63)59(81-69)41-50(42-73)80-43-75)82-66(45)44-25-27-47(28-26-44)74(48-29-31-53-51-21-15-17-23-55(51)71(3,4)57(53)39-48)49-30-32-54-52-22-16-18-24-56(52)72(5,6)58(54)40-49/h15-18,21-32,37-41,43H,7-14,19-20,33-36H2,1-6H3/b50-41-. The fraction of sp³-hybridized carbons (Fsp3) is 0.306. The third kappa shape index (κ3) is 9.94. The largest absolute Gasteiger partial charge is 0.485 e. The molecule has 9 aromatic rings. The van der Waals surface area contributed by atoms with Crippen LogP contribution in [0, 0.1) is 11.3 Å². The Balaban J connectivity index is 0.902. The fourth-order valence-corrected chi connectivity index (χ4v) is 18.1. The zero-order chi connectivity index (χ0) is 57.7. The Hall–Kier alpha value is -7.40. The predicted octanol–water partition coefficient (Wildman–Crippen LogP) is 20.5. The van der Waals surface area contributed by atoms with Crippen LogP contribution < -0.4 is 23.8 Å². The molecule has 5 aromatic carbocycles. The van der Waals surface area contributed by atoms with E-state index in [1.807, 2.05) is 28.7 Å². The van der Waals surface area contributed by atoms with Crippen molar-refractivity contribution in [3.05, 3.63) is 165 Å². The number of nitrogens with zero attached hydrogens (tertiary/aromatic N) is 2. The normalized spacial score (nSPS) is 14.8. The van der Waals surface area contributed by atoms with Crippen LogP contribution in [0.25, 0.3) is 68.0 Å². The average molecular weight is 1190 g/mol. The molecule has 4 aromatic heterocycles. The van der Waals surface area contributed by atoms with Gasteiger partial charge in [0.05, 0.1) is 19.5 Å². The first-order chi connectivity index (χ1) is 41.0. The van der Waals surface area contributed by atoms with Gasteiger partial charge in [0, 0.05) is 53.5 Å². The van der Waals surface area contributed by atoms with Crippen LogP contribution in [0.2, 0.25) is 0 Å². The number of hydrogen-bond acceptors (Lipinski definition) is 12. The third-order valence-electron chi connectivity index (χ3n) is 17.3. The minimum Gasteiger partial charge on any atom is -0.485 e. The number of ether oxygens (including phenoxy) is 5. The highest BCUT2D eigenvalue weighted by Crippen LogP contribution is 2.62. The molecule has 0 radical (unpaired) electrons. The monoisotopic (exact) mass is 1180 g/mol. The molecule has 0 bridgehead atoms. The van der Waals surface area contributed by atoms with Crippen molar-refractivity contribution in [1.82, 2.24) is 0 Å². The van der Waals surface area contributed by atoms with E-state index in [4.69, 9.17) is 23.7 Å². The molecule has 8 nitrogen and oxygen atoms in total. The maximum Gasteiger partial charge on any atom is 0.299 e. The molecule has 0 fully saturated rings. The molecule has 2 aliphatic carbocycles. The lowest BCUT2D eigenvalue weighted by atomic mass is 9.82. The molecule has 0 N–H and O–H groups in total. The summed E-state index contributed by atoms with van der Waals surface area (Å²) in [7, 11) is 0. The molecule has 2 aliphatic heterocycles. The van der Waals surface area contributed by atoms with Crippen molar-refractivity contribution in [1.29, 1.82) is 5.26 Å². The number of thiophene rings is 4. The molecule has 0 spiro atoms. The number of aryl methyl sites for hydroxylation is 2. The van der Waals surface area contributed by atoms with Crippen molar-refractivity contribution in [2.24, 2.45) is 0 Å².